The van der Waals surface area contributed by atoms with Crippen molar-refractivity contribution in [3.8, 4) is 0 Å². The van der Waals surface area contributed by atoms with Gasteiger partial charge in [-0.25, -0.2) is 4.39 Å². The molecule has 20 heavy (non-hydrogen) atoms. The summed E-state index contributed by atoms with van der Waals surface area (Å²) in [6.07, 6.45) is 7.19. The van der Waals surface area contributed by atoms with Gasteiger partial charge in [0.1, 0.15) is 5.82 Å². The van der Waals surface area contributed by atoms with E-state index >= 15 is 0 Å². The molecule has 4 bridgehead atoms. The second-order valence-corrected chi connectivity index (χ2v) is 7.16. The van der Waals surface area contributed by atoms with Crippen molar-refractivity contribution in [2.24, 2.45) is 23.2 Å². The van der Waals surface area contributed by atoms with E-state index < -0.39 is 0 Å². The van der Waals surface area contributed by atoms with Gasteiger partial charge in [0.15, 0.2) is 0 Å². The topological polar surface area (TPSA) is 29.1 Å². The van der Waals surface area contributed by atoms with Crippen LogP contribution < -0.4 is 5.32 Å². The molecule has 0 aliphatic heterocycles. The third-order valence-electron chi connectivity index (χ3n) is 5.62. The number of hydrogen-bond acceptors (Lipinski definition) is 1. The fraction of sp³-hybridized carbons (Fsp3) is 0.588. The third-order valence-corrected chi connectivity index (χ3v) is 5.62. The van der Waals surface area contributed by atoms with Gasteiger partial charge in [0, 0.05) is 5.69 Å². The van der Waals surface area contributed by atoms with Gasteiger partial charge in [-0.15, -0.1) is 0 Å². The highest BCUT2D eigenvalue weighted by molar-refractivity contribution is 5.95. The summed E-state index contributed by atoms with van der Waals surface area (Å²) in [6, 6.07) is 6.09. The first-order valence-corrected chi connectivity index (χ1v) is 7.70. The first-order chi connectivity index (χ1) is 9.63. The lowest BCUT2D eigenvalue weighted by atomic mass is 9.49. The Morgan fingerprint density at radius 1 is 1.00 bits per heavy atom. The highest BCUT2D eigenvalue weighted by Gasteiger charge is 2.54. The zero-order valence-corrected chi connectivity index (χ0v) is 11.6. The van der Waals surface area contributed by atoms with Crippen LogP contribution in [0.2, 0.25) is 0 Å². The number of anilines is 1. The fourth-order valence-corrected chi connectivity index (χ4v) is 5.19. The second kappa shape index (κ2) is 4.31. The van der Waals surface area contributed by atoms with Gasteiger partial charge in [0.25, 0.3) is 0 Å². The molecule has 0 atom stereocenters. The maximum absolute atomic E-state index is 12.9. The van der Waals surface area contributed by atoms with E-state index in [1.54, 1.807) is 12.1 Å². The van der Waals surface area contributed by atoms with Crippen molar-refractivity contribution in [2.75, 3.05) is 5.32 Å². The van der Waals surface area contributed by atoms with E-state index in [2.05, 4.69) is 5.32 Å². The smallest absolute Gasteiger partial charge is 0.230 e. The van der Waals surface area contributed by atoms with Gasteiger partial charge in [-0.2, -0.15) is 0 Å². The number of hydrogen-bond donors (Lipinski definition) is 1. The molecule has 1 aromatic carbocycles. The van der Waals surface area contributed by atoms with Crippen molar-refractivity contribution in [1.29, 1.82) is 0 Å². The summed E-state index contributed by atoms with van der Waals surface area (Å²) in [5.41, 5.74) is 0.579. The Balaban J connectivity index is 1.54. The Hall–Kier alpha value is -1.38. The molecule has 4 aliphatic carbocycles. The van der Waals surface area contributed by atoms with Crippen molar-refractivity contribution >= 4 is 11.6 Å². The molecule has 0 unspecified atom stereocenters. The van der Waals surface area contributed by atoms with Crippen molar-refractivity contribution < 1.29 is 9.18 Å². The zero-order chi connectivity index (χ0) is 13.7. The van der Waals surface area contributed by atoms with Gasteiger partial charge in [0.05, 0.1) is 5.41 Å². The molecule has 4 fully saturated rings. The normalized spacial score (nSPS) is 38.0. The van der Waals surface area contributed by atoms with Crippen LogP contribution in [0.25, 0.3) is 0 Å². The van der Waals surface area contributed by atoms with Crippen LogP contribution in [-0.2, 0) is 4.79 Å². The van der Waals surface area contributed by atoms with Crippen LogP contribution in [-0.4, -0.2) is 5.91 Å². The lowest BCUT2D eigenvalue weighted by Gasteiger charge is -2.55. The Labute approximate surface area is 118 Å². The van der Waals surface area contributed by atoms with E-state index in [9.17, 15) is 9.18 Å². The van der Waals surface area contributed by atoms with E-state index in [-0.39, 0.29) is 17.1 Å². The van der Waals surface area contributed by atoms with Crippen LogP contribution in [0.4, 0.5) is 10.1 Å². The highest BCUT2D eigenvalue weighted by atomic mass is 19.1. The summed E-state index contributed by atoms with van der Waals surface area (Å²) in [7, 11) is 0. The van der Waals surface area contributed by atoms with Crippen molar-refractivity contribution in [2.45, 2.75) is 38.5 Å². The number of carbonyl (C=O) groups excluding carboxylic acids is 1. The molecule has 0 spiro atoms. The van der Waals surface area contributed by atoms with Crippen molar-refractivity contribution in [3.05, 3.63) is 30.1 Å². The predicted octanol–water partition coefficient (Wildman–Crippen LogP) is 3.98. The standard InChI is InChI=1S/C17H20FNO/c18-14-1-3-15(4-2-14)19-16(20)17-8-11-5-12(9-17)7-13(6-11)10-17/h1-4,11-13H,5-10H2,(H,19,20). The second-order valence-electron chi connectivity index (χ2n) is 7.16. The molecule has 4 aliphatic rings. The van der Waals surface area contributed by atoms with Gasteiger partial charge < -0.3 is 5.32 Å². The summed E-state index contributed by atoms with van der Waals surface area (Å²) in [5.74, 6) is 2.20. The maximum atomic E-state index is 12.9. The molecule has 1 N–H and O–H groups in total. The molecule has 3 heteroatoms. The summed E-state index contributed by atoms with van der Waals surface area (Å²) in [4.78, 5) is 12.7. The molecule has 4 saturated carbocycles. The summed E-state index contributed by atoms with van der Waals surface area (Å²) in [5, 5.41) is 3.02. The zero-order valence-electron chi connectivity index (χ0n) is 11.6. The summed E-state index contributed by atoms with van der Waals surface area (Å²) in [6.45, 7) is 0. The molecular weight excluding hydrogens is 253 g/mol. The van der Waals surface area contributed by atoms with Gasteiger partial charge in [-0.05, 0) is 80.5 Å². The quantitative estimate of drug-likeness (QED) is 0.867. The largest absolute Gasteiger partial charge is 0.326 e. The summed E-state index contributed by atoms with van der Waals surface area (Å²) >= 11 is 0. The lowest BCUT2D eigenvalue weighted by Crippen LogP contribution is -2.51. The Morgan fingerprint density at radius 2 is 1.50 bits per heavy atom. The Kier molecular flexibility index (Phi) is 2.66. The van der Waals surface area contributed by atoms with Crippen LogP contribution >= 0.6 is 0 Å². The van der Waals surface area contributed by atoms with Crippen LogP contribution in [0.1, 0.15) is 38.5 Å². The predicted molar refractivity (Wildman–Crippen MR) is 75.6 cm³/mol. The van der Waals surface area contributed by atoms with Crippen LogP contribution in [0, 0.1) is 29.0 Å². The van der Waals surface area contributed by atoms with E-state index in [0.717, 1.165) is 37.0 Å². The number of halogens is 1. The van der Waals surface area contributed by atoms with E-state index in [4.69, 9.17) is 0 Å². The molecule has 0 aromatic heterocycles. The van der Waals surface area contributed by atoms with Gasteiger partial charge in [-0.3, -0.25) is 4.79 Å². The van der Waals surface area contributed by atoms with Crippen molar-refractivity contribution in [1.82, 2.24) is 0 Å². The van der Waals surface area contributed by atoms with Gasteiger partial charge >= 0.3 is 0 Å². The Bertz CT molecular complexity index is 501. The Morgan fingerprint density at radius 3 is 2.00 bits per heavy atom. The lowest BCUT2D eigenvalue weighted by molar-refractivity contribution is -0.140. The molecule has 0 saturated heterocycles. The van der Waals surface area contributed by atoms with E-state index in [0.29, 0.717) is 5.69 Å². The SMILES string of the molecule is O=C(Nc1ccc(F)cc1)C12CC3CC(CC(C3)C1)C2. The highest BCUT2D eigenvalue weighted by Crippen LogP contribution is 2.60. The fourth-order valence-electron chi connectivity index (χ4n) is 5.19. The number of nitrogens with one attached hydrogen (secondary N) is 1. The minimum Gasteiger partial charge on any atom is -0.326 e. The number of amides is 1. The molecule has 1 aromatic rings. The molecule has 0 radical (unpaired) electrons. The van der Waals surface area contributed by atoms with Gasteiger partial charge in [0.2, 0.25) is 5.91 Å². The molecule has 0 heterocycles. The molecule has 1 amide bonds. The van der Waals surface area contributed by atoms with Crippen LogP contribution in [0.15, 0.2) is 24.3 Å². The number of rotatable bonds is 2. The minimum absolute atomic E-state index is 0.136. The summed E-state index contributed by atoms with van der Waals surface area (Å²) < 4.78 is 12.9. The van der Waals surface area contributed by atoms with E-state index in [1.165, 1.54) is 31.4 Å². The average molecular weight is 273 g/mol. The molecule has 5 rings (SSSR count). The molecule has 106 valence electrons. The first-order valence-electron chi connectivity index (χ1n) is 7.70. The average Bonchev–Trinajstić information content (AvgIpc) is 2.40. The third kappa shape index (κ3) is 1.95. The monoisotopic (exact) mass is 273 g/mol. The van der Waals surface area contributed by atoms with Crippen LogP contribution in [0.5, 0.6) is 0 Å². The number of carbonyl (C=O) groups is 1. The minimum atomic E-state index is -0.266. The van der Waals surface area contributed by atoms with Crippen molar-refractivity contribution in [3.63, 3.8) is 0 Å². The molecular formula is C17H20FNO. The number of benzene rings is 1. The first kappa shape index (κ1) is 12.4. The van der Waals surface area contributed by atoms with E-state index in [1.807, 2.05) is 0 Å². The maximum Gasteiger partial charge on any atom is 0.230 e. The van der Waals surface area contributed by atoms with Crippen LogP contribution in [0.3, 0.4) is 0 Å². The van der Waals surface area contributed by atoms with Gasteiger partial charge in [-0.1, -0.05) is 0 Å². The molecule has 2 nitrogen and oxygen atoms in total.